The Balaban J connectivity index is 4.74. The van der Waals surface area contributed by atoms with Gasteiger partial charge in [-0.3, -0.25) is 10.4 Å². The predicted molar refractivity (Wildman–Crippen MR) is 72.8 cm³/mol. The fraction of sp³-hybridized carbons (Fsp3) is 0.455. The molecular weight excluding hydrogens is 253 g/mol. The number of nitrogens with two attached hydrogens (primary N) is 1. The van der Waals surface area contributed by atoms with E-state index in [1.54, 1.807) is 11.9 Å². The Morgan fingerprint density at radius 2 is 2.11 bits per heavy atom. The number of methoxy groups -OCH3 is 2. The Morgan fingerprint density at radius 3 is 2.58 bits per heavy atom. The summed E-state index contributed by atoms with van der Waals surface area (Å²) in [5.41, 5.74) is 1.83. The number of aliphatic imine (C=N–C) groups is 2. The van der Waals surface area contributed by atoms with Crippen LogP contribution in [0.2, 0.25) is 0 Å². The van der Waals surface area contributed by atoms with Gasteiger partial charge in [-0.25, -0.2) is 5.84 Å². The maximum atomic E-state index is 12.6. The summed E-state index contributed by atoms with van der Waals surface area (Å²) in [7, 11) is 4.67. The molecule has 0 aromatic carbocycles. The van der Waals surface area contributed by atoms with E-state index in [4.69, 9.17) is 15.3 Å². The van der Waals surface area contributed by atoms with Crippen molar-refractivity contribution in [1.29, 1.82) is 0 Å². The molecule has 0 amide bonds. The molecule has 1 atom stereocenters. The zero-order chi connectivity index (χ0) is 14.8. The molecule has 8 heteroatoms. The summed E-state index contributed by atoms with van der Waals surface area (Å²) in [4.78, 5) is 9.46. The second-order valence-electron chi connectivity index (χ2n) is 3.47. The average Bonchev–Trinajstić information content (AvgIpc) is 2.42. The first kappa shape index (κ1) is 16.9. The fourth-order valence-electron chi connectivity index (χ4n) is 0.965. The van der Waals surface area contributed by atoms with Gasteiger partial charge in [0, 0.05) is 13.3 Å². The lowest BCUT2D eigenvalue weighted by atomic mass is 10.3. The molecule has 0 aliphatic heterocycles. The van der Waals surface area contributed by atoms with Gasteiger partial charge >= 0.3 is 0 Å². The highest BCUT2D eigenvalue weighted by Crippen LogP contribution is 2.02. The molecule has 3 N–H and O–H groups in total. The van der Waals surface area contributed by atoms with Crippen molar-refractivity contribution in [1.82, 2.24) is 10.3 Å². The van der Waals surface area contributed by atoms with E-state index >= 15 is 0 Å². The summed E-state index contributed by atoms with van der Waals surface area (Å²) < 4.78 is 22.6. The Hall–Kier alpha value is -2.09. The minimum absolute atomic E-state index is 0.190. The number of nitrogens with zero attached hydrogens (tertiary/aromatic N) is 3. The molecule has 0 aliphatic carbocycles. The SMILES string of the molecule is C=C(/N=C(/OC)N(C)C(C)/C=N\C=C(\F)NN)OC. The third kappa shape index (κ3) is 6.41. The van der Waals surface area contributed by atoms with Crippen LogP contribution in [0.4, 0.5) is 4.39 Å². The van der Waals surface area contributed by atoms with Gasteiger partial charge in [-0.05, 0) is 13.5 Å². The van der Waals surface area contributed by atoms with E-state index in [0.717, 1.165) is 6.20 Å². The van der Waals surface area contributed by atoms with E-state index in [1.165, 1.54) is 20.4 Å². The van der Waals surface area contributed by atoms with Crippen LogP contribution in [-0.2, 0) is 9.47 Å². The van der Waals surface area contributed by atoms with Gasteiger partial charge in [-0.1, -0.05) is 0 Å². The van der Waals surface area contributed by atoms with Crippen LogP contribution < -0.4 is 11.3 Å². The van der Waals surface area contributed by atoms with E-state index in [1.807, 2.05) is 12.3 Å². The van der Waals surface area contributed by atoms with Gasteiger partial charge in [0.25, 0.3) is 6.02 Å². The Bertz CT molecular complexity index is 381. The van der Waals surface area contributed by atoms with E-state index in [9.17, 15) is 4.39 Å². The Kier molecular flexibility index (Phi) is 7.94. The topological polar surface area (TPSA) is 84.5 Å². The van der Waals surface area contributed by atoms with Crippen LogP contribution in [0, 0.1) is 0 Å². The van der Waals surface area contributed by atoms with Crippen molar-refractivity contribution in [2.24, 2.45) is 15.8 Å². The first-order valence-electron chi connectivity index (χ1n) is 5.40. The number of ether oxygens (including phenoxy) is 2. The van der Waals surface area contributed by atoms with Gasteiger partial charge < -0.3 is 14.4 Å². The molecule has 0 aromatic heterocycles. The van der Waals surface area contributed by atoms with Crippen molar-refractivity contribution in [3.05, 3.63) is 24.6 Å². The monoisotopic (exact) mass is 273 g/mol. The maximum absolute atomic E-state index is 12.6. The molecule has 0 saturated carbocycles. The number of nitrogens with one attached hydrogen (secondary N) is 1. The van der Waals surface area contributed by atoms with Gasteiger partial charge in [-0.15, -0.1) is 0 Å². The Morgan fingerprint density at radius 1 is 1.47 bits per heavy atom. The second kappa shape index (κ2) is 8.92. The first-order valence-corrected chi connectivity index (χ1v) is 5.40. The molecule has 0 fully saturated rings. The van der Waals surface area contributed by atoms with E-state index in [2.05, 4.69) is 16.6 Å². The van der Waals surface area contributed by atoms with Crippen LogP contribution in [-0.4, -0.2) is 44.4 Å². The molecule has 0 radical (unpaired) electrons. The number of hydrogen-bond donors (Lipinski definition) is 2. The molecule has 0 saturated heterocycles. The lowest BCUT2D eigenvalue weighted by Gasteiger charge is -2.23. The van der Waals surface area contributed by atoms with Crippen molar-refractivity contribution < 1.29 is 13.9 Å². The molecule has 0 aromatic rings. The van der Waals surface area contributed by atoms with Gasteiger partial charge in [0.1, 0.15) is 0 Å². The molecule has 0 rings (SSSR count). The highest BCUT2D eigenvalue weighted by atomic mass is 19.1. The molecule has 0 bridgehead atoms. The van der Waals surface area contributed by atoms with Crippen molar-refractivity contribution in [2.75, 3.05) is 21.3 Å². The summed E-state index contributed by atoms with van der Waals surface area (Å²) in [6, 6.07) is 0.109. The van der Waals surface area contributed by atoms with Crippen molar-refractivity contribution in [3.8, 4) is 0 Å². The number of rotatable bonds is 6. The predicted octanol–water partition coefficient (Wildman–Crippen LogP) is 0.729. The molecule has 0 spiro atoms. The summed E-state index contributed by atoms with van der Waals surface area (Å²) in [5, 5.41) is 0. The number of amidine groups is 1. The smallest absolute Gasteiger partial charge is 0.295 e. The number of hydrazine groups is 1. The zero-order valence-corrected chi connectivity index (χ0v) is 11.6. The maximum Gasteiger partial charge on any atom is 0.295 e. The van der Waals surface area contributed by atoms with Crippen LogP contribution in [0.3, 0.4) is 0 Å². The van der Waals surface area contributed by atoms with Crippen molar-refractivity contribution in [3.63, 3.8) is 0 Å². The van der Waals surface area contributed by atoms with Crippen LogP contribution >= 0.6 is 0 Å². The third-order valence-electron chi connectivity index (χ3n) is 2.18. The standard InChI is InChI=1S/C11H20FN5O2/c1-8(6-14-7-10(12)16-13)17(3)11(19-5)15-9(2)18-4/h6-8,16H,2,13H2,1,3-5H3/b10-7-,14-6-,15-11+. The van der Waals surface area contributed by atoms with Crippen LogP contribution in [0.5, 0.6) is 0 Å². The minimum atomic E-state index is -0.737. The lowest BCUT2D eigenvalue weighted by Crippen LogP contribution is -2.37. The molecule has 0 aliphatic rings. The van der Waals surface area contributed by atoms with Crippen molar-refractivity contribution >= 4 is 12.2 Å². The van der Waals surface area contributed by atoms with E-state index < -0.39 is 5.95 Å². The lowest BCUT2D eigenvalue weighted by molar-refractivity contribution is 0.268. The molecule has 19 heavy (non-hydrogen) atoms. The largest absolute Gasteiger partial charge is 0.481 e. The van der Waals surface area contributed by atoms with Gasteiger partial charge in [0.05, 0.1) is 26.5 Å². The molecule has 108 valence electrons. The summed E-state index contributed by atoms with van der Waals surface area (Å²) >= 11 is 0. The summed E-state index contributed by atoms with van der Waals surface area (Å²) in [5.74, 6) is 4.33. The fourth-order valence-corrected chi connectivity index (χ4v) is 0.965. The van der Waals surface area contributed by atoms with Crippen molar-refractivity contribution in [2.45, 2.75) is 13.0 Å². The Labute approximate surface area is 112 Å². The highest BCUT2D eigenvalue weighted by Gasteiger charge is 2.13. The zero-order valence-electron chi connectivity index (χ0n) is 11.6. The average molecular weight is 273 g/mol. The molecular formula is C11H20FN5O2. The molecule has 0 heterocycles. The number of hydrogen-bond acceptors (Lipinski definition) is 6. The minimum Gasteiger partial charge on any atom is -0.481 e. The summed E-state index contributed by atoms with van der Waals surface area (Å²) in [6.45, 7) is 5.40. The van der Waals surface area contributed by atoms with Gasteiger partial charge in [0.2, 0.25) is 11.8 Å². The normalized spacial score (nSPS) is 14.2. The third-order valence-corrected chi connectivity index (χ3v) is 2.18. The number of halogens is 1. The van der Waals surface area contributed by atoms with Crippen LogP contribution in [0.25, 0.3) is 0 Å². The van der Waals surface area contributed by atoms with Gasteiger partial charge in [-0.2, -0.15) is 9.38 Å². The summed E-state index contributed by atoms with van der Waals surface area (Å²) in [6.07, 6.45) is 2.46. The quantitative estimate of drug-likeness (QED) is 0.186. The highest BCUT2D eigenvalue weighted by molar-refractivity contribution is 5.79. The molecule has 1 unspecified atom stereocenters. The van der Waals surface area contributed by atoms with E-state index in [-0.39, 0.29) is 11.9 Å². The van der Waals surface area contributed by atoms with Crippen LogP contribution in [0.1, 0.15) is 6.92 Å². The second-order valence-corrected chi connectivity index (χ2v) is 3.47. The molecule has 7 nitrogen and oxygen atoms in total. The van der Waals surface area contributed by atoms with E-state index in [0.29, 0.717) is 6.02 Å². The van der Waals surface area contributed by atoms with Gasteiger partial charge in [0.15, 0.2) is 0 Å². The van der Waals surface area contributed by atoms with Crippen LogP contribution in [0.15, 0.2) is 34.6 Å². The first-order chi connectivity index (χ1) is 8.96.